The van der Waals surface area contributed by atoms with E-state index in [9.17, 15) is 22.8 Å². The Bertz CT molecular complexity index is 1130. The van der Waals surface area contributed by atoms with Crippen LogP contribution >= 0.6 is 11.3 Å². The van der Waals surface area contributed by atoms with Gasteiger partial charge >= 0.3 is 18.2 Å². The van der Waals surface area contributed by atoms with Crippen molar-refractivity contribution in [2.24, 2.45) is 4.99 Å². The van der Waals surface area contributed by atoms with Gasteiger partial charge in [0, 0.05) is 18.0 Å². The fourth-order valence-electron chi connectivity index (χ4n) is 3.74. The SMILES string of the molecule is CCOC(=O)c1cccc(C2=CCN(C3N=CN(Cc4ccc(C(F)(F)F)s4)C(=O)N3)CC2)c1. The molecule has 1 atom stereocenters. The van der Waals surface area contributed by atoms with Crippen molar-refractivity contribution < 1.29 is 27.5 Å². The van der Waals surface area contributed by atoms with E-state index in [4.69, 9.17) is 4.74 Å². The van der Waals surface area contributed by atoms with Crippen molar-refractivity contribution in [3.63, 3.8) is 0 Å². The number of benzene rings is 1. The molecule has 0 spiro atoms. The van der Waals surface area contributed by atoms with Crippen molar-refractivity contribution in [2.45, 2.75) is 32.4 Å². The number of aliphatic imine (C=N–C) groups is 1. The number of carbonyl (C=O) groups excluding carboxylic acids is 2. The lowest BCUT2D eigenvalue weighted by atomic mass is 9.98. The summed E-state index contributed by atoms with van der Waals surface area (Å²) in [6, 6.07) is 9.26. The molecule has 4 rings (SSSR count). The largest absolute Gasteiger partial charge is 0.462 e. The molecular formula is C23H23F3N4O3S. The Morgan fingerprint density at radius 2 is 2.12 bits per heavy atom. The lowest BCUT2D eigenvalue weighted by Gasteiger charge is -2.35. The molecule has 0 aliphatic carbocycles. The maximum absolute atomic E-state index is 12.8. The number of carbonyl (C=O) groups is 2. The molecule has 3 heterocycles. The number of thiophene rings is 1. The van der Waals surface area contributed by atoms with E-state index >= 15 is 0 Å². The first kappa shape index (κ1) is 24.0. The summed E-state index contributed by atoms with van der Waals surface area (Å²) in [6.45, 7) is 3.27. The van der Waals surface area contributed by atoms with E-state index in [2.05, 4.69) is 10.3 Å². The molecule has 0 fully saturated rings. The number of esters is 1. The number of halogens is 3. The Hall–Kier alpha value is -3.18. The molecule has 1 aromatic carbocycles. The molecule has 2 aromatic rings. The van der Waals surface area contributed by atoms with E-state index in [0.29, 0.717) is 47.9 Å². The average molecular weight is 493 g/mol. The molecule has 180 valence electrons. The van der Waals surface area contributed by atoms with Crippen LogP contribution in [0.5, 0.6) is 0 Å². The van der Waals surface area contributed by atoms with Crippen LogP contribution in [0.25, 0.3) is 5.57 Å². The molecule has 0 saturated heterocycles. The Labute approximate surface area is 198 Å². The first-order valence-electron chi connectivity index (χ1n) is 10.7. The van der Waals surface area contributed by atoms with Crippen LogP contribution in [-0.2, 0) is 17.5 Å². The second kappa shape index (κ2) is 9.98. The zero-order valence-electron chi connectivity index (χ0n) is 18.3. The minimum Gasteiger partial charge on any atom is -0.462 e. The normalized spacial score (nSPS) is 19.1. The molecule has 2 amide bonds. The van der Waals surface area contributed by atoms with Gasteiger partial charge in [-0.25, -0.2) is 14.6 Å². The van der Waals surface area contributed by atoms with E-state index < -0.39 is 23.4 Å². The van der Waals surface area contributed by atoms with Gasteiger partial charge in [0.15, 0.2) is 6.29 Å². The van der Waals surface area contributed by atoms with Gasteiger partial charge in [0.2, 0.25) is 0 Å². The predicted octanol–water partition coefficient (Wildman–Crippen LogP) is 4.57. The van der Waals surface area contributed by atoms with Gasteiger partial charge in [-0.1, -0.05) is 18.2 Å². The number of ether oxygens (including phenoxy) is 1. The molecule has 0 saturated carbocycles. The molecule has 1 unspecified atom stereocenters. The lowest BCUT2D eigenvalue weighted by molar-refractivity contribution is -0.134. The summed E-state index contributed by atoms with van der Waals surface area (Å²) >= 11 is 0.612. The second-order valence-corrected chi connectivity index (χ2v) is 8.92. The van der Waals surface area contributed by atoms with Crippen LogP contribution in [-0.4, -0.2) is 54.1 Å². The zero-order valence-corrected chi connectivity index (χ0v) is 19.2. The highest BCUT2D eigenvalue weighted by molar-refractivity contribution is 7.12. The first-order chi connectivity index (χ1) is 16.2. The van der Waals surface area contributed by atoms with Gasteiger partial charge in [0.05, 0.1) is 25.1 Å². The highest BCUT2D eigenvalue weighted by atomic mass is 32.1. The fourth-order valence-corrected chi connectivity index (χ4v) is 4.61. The average Bonchev–Trinajstić information content (AvgIpc) is 3.30. The van der Waals surface area contributed by atoms with E-state index in [1.54, 1.807) is 13.0 Å². The summed E-state index contributed by atoms with van der Waals surface area (Å²) in [5.74, 6) is -0.358. The molecule has 2 aliphatic rings. The van der Waals surface area contributed by atoms with Crippen molar-refractivity contribution in [1.82, 2.24) is 15.1 Å². The molecule has 0 radical (unpaired) electrons. The molecule has 34 heavy (non-hydrogen) atoms. The van der Waals surface area contributed by atoms with Gasteiger partial charge < -0.3 is 10.1 Å². The summed E-state index contributed by atoms with van der Waals surface area (Å²) in [5, 5.41) is 2.79. The van der Waals surface area contributed by atoms with Gasteiger partial charge in [-0.2, -0.15) is 13.2 Å². The topological polar surface area (TPSA) is 74.2 Å². The van der Waals surface area contributed by atoms with E-state index in [1.807, 2.05) is 29.2 Å². The van der Waals surface area contributed by atoms with Gasteiger partial charge in [-0.05, 0) is 48.7 Å². The maximum Gasteiger partial charge on any atom is 0.425 e. The van der Waals surface area contributed by atoms with Crippen LogP contribution in [0.4, 0.5) is 18.0 Å². The standard InChI is InChI=1S/C23H23F3N4O3S/c1-2-33-20(31)17-5-3-4-16(12-17)15-8-10-29(11-9-15)21-27-14-30(22(32)28-21)13-18-6-7-19(34-18)23(24,25)26/h3-8,12,14,21H,2,9-11,13H2,1H3,(H,28,32). The Morgan fingerprint density at radius 3 is 2.76 bits per heavy atom. The van der Waals surface area contributed by atoms with Gasteiger partial charge in [-0.3, -0.25) is 9.80 Å². The zero-order chi connectivity index (χ0) is 24.3. The van der Waals surface area contributed by atoms with E-state index in [0.717, 1.165) is 17.2 Å². The molecule has 1 N–H and O–H groups in total. The number of urea groups is 1. The van der Waals surface area contributed by atoms with E-state index in [1.165, 1.54) is 17.3 Å². The quantitative estimate of drug-likeness (QED) is 0.600. The van der Waals surface area contributed by atoms with Crippen LogP contribution in [0.2, 0.25) is 0 Å². The minimum atomic E-state index is -4.40. The lowest BCUT2D eigenvalue weighted by Crippen LogP contribution is -2.55. The maximum atomic E-state index is 12.8. The number of nitrogens with zero attached hydrogens (tertiary/aromatic N) is 3. The van der Waals surface area contributed by atoms with Crippen molar-refractivity contribution in [3.05, 3.63) is 63.4 Å². The Kier molecular flexibility index (Phi) is 7.03. The van der Waals surface area contributed by atoms with Gasteiger partial charge in [0.1, 0.15) is 4.88 Å². The van der Waals surface area contributed by atoms with Crippen molar-refractivity contribution in [3.8, 4) is 0 Å². The molecule has 0 bridgehead atoms. The molecule has 7 nitrogen and oxygen atoms in total. The highest BCUT2D eigenvalue weighted by Gasteiger charge is 2.33. The van der Waals surface area contributed by atoms with Gasteiger partial charge in [0.25, 0.3) is 0 Å². The Balaban J connectivity index is 1.37. The van der Waals surface area contributed by atoms with Crippen molar-refractivity contribution >= 4 is 35.2 Å². The first-order valence-corrected chi connectivity index (χ1v) is 11.5. The number of rotatable bonds is 6. The van der Waals surface area contributed by atoms with Crippen LogP contribution in [0.1, 0.15) is 39.0 Å². The van der Waals surface area contributed by atoms with E-state index in [-0.39, 0.29) is 12.5 Å². The van der Waals surface area contributed by atoms with Crippen LogP contribution in [0.15, 0.2) is 47.5 Å². The Morgan fingerprint density at radius 1 is 1.29 bits per heavy atom. The minimum absolute atomic E-state index is 0.0175. The third-order valence-corrected chi connectivity index (χ3v) is 6.57. The van der Waals surface area contributed by atoms with Crippen LogP contribution in [0, 0.1) is 0 Å². The van der Waals surface area contributed by atoms with Crippen molar-refractivity contribution in [1.29, 1.82) is 0 Å². The number of nitrogens with one attached hydrogen (secondary N) is 1. The summed E-state index contributed by atoms with van der Waals surface area (Å²) in [7, 11) is 0. The number of hydrogen-bond acceptors (Lipinski definition) is 6. The summed E-state index contributed by atoms with van der Waals surface area (Å²) in [6.07, 6.45) is -0.841. The third-order valence-electron chi connectivity index (χ3n) is 5.46. The number of hydrogen-bond donors (Lipinski definition) is 1. The summed E-state index contributed by atoms with van der Waals surface area (Å²) in [4.78, 5) is 31.9. The molecular weight excluding hydrogens is 469 g/mol. The monoisotopic (exact) mass is 492 g/mol. The summed E-state index contributed by atoms with van der Waals surface area (Å²) < 4.78 is 43.5. The smallest absolute Gasteiger partial charge is 0.425 e. The van der Waals surface area contributed by atoms with Gasteiger partial charge in [-0.15, -0.1) is 11.3 Å². The molecule has 1 aromatic heterocycles. The highest BCUT2D eigenvalue weighted by Crippen LogP contribution is 2.35. The van der Waals surface area contributed by atoms with Crippen molar-refractivity contribution in [2.75, 3.05) is 19.7 Å². The predicted molar refractivity (Wildman–Crippen MR) is 122 cm³/mol. The third kappa shape index (κ3) is 5.48. The molecule has 11 heteroatoms. The number of amides is 2. The second-order valence-electron chi connectivity index (χ2n) is 7.75. The van der Waals surface area contributed by atoms with Crippen LogP contribution in [0.3, 0.4) is 0 Å². The van der Waals surface area contributed by atoms with Crippen LogP contribution < -0.4 is 5.32 Å². The molecule has 2 aliphatic heterocycles. The number of alkyl halides is 3. The summed E-state index contributed by atoms with van der Waals surface area (Å²) in [5.41, 5.74) is 2.54. The fraction of sp³-hybridized carbons (Fsp3) is 0.348.